The summed E-state index contributed by atoms with van der Waals surface area (Å²) < 4.78 is 10.7. The number of ether oxygens (including phenoxy) is 2. The molecule has 0 bridgehead atoms. The van der Waals surface area contributed by atoms with Crippen molar-refractivity contribution in [1.82, 2.24) is 0 Å². The standard InChI is InChI=1S/C11H14O2/c1-2-9-3-5-10(6-4-9)13-11-7-12-8-11/h3-6,11H,2,7-8H2,1H3. The monoisotopic (exact) mass is 178 g/mol. The zero-order valence-electron chi connectivity index (χ0n) is 7.82. The molecule has 13 heavy (non-hydrogen) atoms. The molecule has 1 saturated heterocycles. The summed E-state index contributed by atoms with van der Waals surface area (Å²) in [7, 11) is 0. The molecular weight excluding hydrogens is 164 g/mol. The van der Waals surface area contributed by atoms with Crippen LogP contribution in [0.15, 0.2) is 24.3 Å². The van der Waals surface area contributed by atoms with Crippen LogP contribution in [0.25, 0.3) is 0 Å². The Bertz CT molecular complexity index is 262. The van der Waals surface area contributed by atoms with Crippen molar-refractivity contribution in [2.75, 3.05) is 13.2 Å². The minimum atomic E-state index is 0.271. The normalized spacial score (nSPS) is 16.7. The molecule has 0 amide bonds. The van der Waals surface area contributed by atoms with Crippen molar-refractivity contribution in [2.24, 2.45) is 0 Å². The van der Waals surface area contributed by atoms with Crippen LogP contribution < -0.4 is 4.74 Å². The van der Waals surface area contributed by atoms with Gasteiger partial charge in [-0.1, -0.05) is 19.1 Å². The van der Waals surface area contributed by atoms with E-state index in [1.54, 1.807) is 0 Å². The molecule has 0 radical (unpaired) electrons. The SMILES string of the molecule is CCc1ccc(OC2COC2)cc1. The molecule has 1 aromatic carbocycles. The first-order valence-electron chi connectivity index (χ1n) is 4.72. The van der Waals surface area contributed by atoms with Crippen LogP contribution in [0.5, 0.6) is 5.75 Å². The molecule has 0 unspecified atom stereocenters. The van der Waals surface area contributed by atoms with Crippen molar-refractivity contribution in [1.29, 1.82) is 0 Å². The Morgan fingerprint density at radius 3 is 2.46 bits per heavy atom. The van der Waals surface area contributed by atoms with Gasteiger partial charge < -0.3 is 9.47 Å². The molecule has 2 nitrogen and oxygen atoms in total. The average Bonchev–Trinajstić information content (AvgIpc) is 2.12. The summed E-state index contributed by atoms with van der Waals surface area (Å²) in [6.07, 6.45) is 1.35. The molecule has 70 valence electrons. The summed E-state index contributed by atoms with van der Waals surface area (Å²) in [6.45, 7) is 3.61. The van der Waals surface area contributed by atoms with Crippen molar-refractivity contribution in [2.45, 2.75) is 19.4 Å². The summed E-state index contributed by atoms with van der Waals surface area (Å²) in [6, 6.07) is 8.26. The second-order valence-electron chi connectivity index (χ2n) is 3.27. The Balaban J connectivity index is 1.96. The summed E-state index contributed by atoms with van der Waals surface area (Å²) >= 11 is 0. The molecule has 1 aliphatic rings. The van der Waals surface area contributed by atoms with Gasteiger partial charge in [0.1, 0.15) is 11.9 Å². The Hall–Kier alpha value is -1.02. The van der Waals surface area contributed by atoms with E-state index < -0.39 is 0 Å². The van der Waals surface area contributed by atoms with Crippen molar-refractivity contribution >= 4 is 0 Å². The number of hydrogen-bond acceptors (Lipinski definition) is 2. The highest BCUT2D eigenvalue weighted by Gasteiger charge is 2.19. The predicted octanol–water partition coefficient (Wildman–Crippen LogP) is 2.03. The van der Waals surface area contributed by atoms with Gasteiger partial charge in [0.15, 0.2) is 0 Å². The summed E-state index contributed by atoms with van der Waals surface area (Å²) in [4.78, 5) is 0. The van der Waals surface area contributed by atoms with Crippen molar-refractivity contribution < 1.29 is 9.47 Å². The van der Waals surface area contributed by atoms with E-state index >= 15 is 0 Å². The van der Waals surface area contributed by atoms with Gasteiger partial charge in [-0.05, 0) is 24.1 Å². The zero-order chi connectivity index (χ0) is 9.10. The third-order valence-electron chi connectivity index (χ3n) is 2.24. The predicted molar refractivity (Wildman–Crippen MR) is 51.1 cm³/mol. The number of benzene rings is 1. The molecule has 0 atom stereocenters. The van der Waals surface area contributed by atoms with Gasteiger partial charge in [-0.15, -0.1) is 0 Å². The van der Waals surface area contributed by atoms with Crippen molar-refractivity contribution in [3.05, 3.63) is 29.8 Å². The van der Waals surface area contributed by atoms with E-state index in [0.717, 1.165) is 25.4 Å². The maximum Gasteiger partial charge on any atom is 0.145 e. The highest BCUT2D eigenvalue weighted by molar-refractivity contribution is 5.27. The van der Waals surface area contributed by atoms with Crippen LogP contribution in [-0.2, 0) is 11.2 Å². The van der Waals surface area contributed by atoms with E-state index in [9.17, 15) is 0 Å². The quantitative estimate of drug-likeness (QED) is 0.705. The number of rotatable bonds is 3. The first-order chi connectivity index (χ1) is 6.38. The van der Waals surface area contributed by atoms with Gasteiger partial charge in [0.05, 0.1) is 13.2 Å². The van der Waals surface area contributed by atoms with Crippen LogP contribution >= 0.6 is 0 Å². The van der Waals surface area contributed by atoms with E-state index in [-0.39, 0.29) is 6.10 Å². The van der Waals surface area contributed by atoms with Crippen LogP contribution in [-0.4, -0.2) is 19.3 Å². The molecule has 0 spiro atoms. The molecule has 0 aliphatic carbocycles. The highest BCUT2D eigenvalue weighted by atomic mass is 16.6. The van der Waals surface area contributed by atoms with E-state index in [1.165, 1.54) is 5.56 Å². The third-order valence-corrected chi connectivity index (χ3v) is 2.24. The molecule has 0 aromatic heterocycles. The van der Waals surface area contributed by atoms with E-state index in [1.807, 2.05) is 12.1 Å². The van der Waals surface area contributed by atoms with Crippen LogP contribution in [0.1, 0.15) is 12.5 Å². The maximum absolute atomic E-state index is 5.62. The molecule has 2 heteroatoms. The van der Waals surface area contributed by atoms with E-state index in [2.05, 4.69) is 19.1 Å². The fourth-order valence-electron chi connectivity index (χ4n) is 1.28. The Morgan fingerprint density at radius 2 is 2.00 bits per heavy atom. The largest absolute Gasteiger partial charge is 0.486 e. The van der Waals surface area contributed by atoms with Gasteiger partial charge in [-0.2, -0.15) is 0 Å². The highest BCUT2D eigenvalue weighted by Crippen LogP contribution is 2.16. The number of hydrogen-bond donors (Lipinski definition) is 0. The average molecular weight is 178 g/mol. The topological polar surface area (TPSA) is 18.5 Å². The molecule has 2 rings (SSSR count). The van der Waals surface area contributed by atoms with Crippen molar-refractivity contribution in [3.63, 3.8) is 0 Å². The van der Waals surface area contributed by atoms with Crippen LogP contribution in [0, 0.1) is 0 Å². The summed E-state index contributed by atoms with van der Waals surface area (Å²) in [5, 5.41) is 0. The Labute approximate surface area is 78.5 Å². The minimum Gasteiger partial charge on any atom is -0.486 e. The molecule has 0 saturated carbocycles. The third kappa shape index (κ3) is 2.01. The lowest BCUT2D eigenvalue weighted by Gasteiger charge is -2.26. The Morgan fingerprint density at radius 1 is 1.31 bits per heavy atom. The molecule has 1 heterocycles. The first-order valence-corrected chi connectivity index (χ1v) is 4.72. The van der Waals surface area contributed by atoms with Crippen molar-refractivity contribution in [3.8, 4) is 5.75 Å². The molecule has 1 aromatic rings. The van der Waals surface area contributed by atoms with Crippen LogP contribution in [0.3, 0.4) is 0 Å². The fraction of sp³-hybridized carbons (Fsp3) is 0.455. The lowest BCUT2D eigenvalue weighted by molar-refractivity contribution is -0.0796. The lowest BCUT2D eigenvalue weighted by atomic mass is 10.2. The smallest absolute Gasteiger partial charge is 0.145 e. The lowest BCUT2D eigenvalue weighted by Crippen LogP contribution is -2.38. The second kappa shape index (κ2) is 3.79. The molecule has 1 fully saturated rings. The Kier molecular flexibility index (Phi) is 2.50. The zero-order valence-corrected chi connectivity index (χ0v) is 7.82. The van der Waals surface area contributed by atoms with Gasteiger partial charge >= 0.3 is 0 Å². The first kappa shape index (κ1) is 8.57. The summed E-state index contributed by atoms with van der Waals surface area (Å²) in [5.74, 6) is 0.950. The fourth-order valence-corrected chi connectivity index (χ4v) is 1.28. The van der Waals surface area contributed by atoms with Gasteiger partial charge in [0.25, 0.3) is 0 Å². The second-order valence-corrected chi connectivity index (χ2v) is 3.27. The maximum atomic E-state index is 5.62. The summed E-state index contributed by atoms with van der Waals surface area (Å²) in [5.41, 5.74) is 1.34. The van der Waals surface area contributed by atoms with Gasteiger partial charge in [0.2, 0.25) is 0 Å². The molecule has 1 aliphatic heterocycles. The van der Waals surface area contributed by atoms with Crippen LogP contribution in [0.4, 0.5) is 0 Å². The van der Waals surface area contributed by atoms with Gasteiger partial charge in [-0.3, -0.25) is 0 Å². The van der Waals surface area contributed by atoms with Gasteiger partial charge in [0, 0.05) is 0 Å². The van der Waals surface area contributed by atoms with Gasteiger partial charge in [-0.25, -0.2) is 0 Å². The molecule has 0 N–H and O–H groups in total. The van der Waals surface area contributed by atoms with Crippen LogP contribution in [0.2, 0.25) is 0 Å². The minimum absolute atomic E-state index is 0.271. The van der Waals surface area contributed by atoms with E-state index in [0.29, 0.717) is 0 Å². The van der Waals surface area contributed by atoms with E-state index in [4.69, 9.17) is 9.47 Å². The molecular formula is C11H14O2. The number of aryl methyl sites for hydroxylation is 1.